The highest BCUT2D eigenvalue weighted by atomic mass is 32.1. The first-order chi connectivity index (χ1) is 12.1. The highest BCUT2D eigenvalue weighted by Crippen LogP contribution is 2.25. The molecule has 0 aliphatic carbocycles. The van der Waals surface area contributed by atoms with Gasteiger partial charge in [0.25, 0.3) is 0 Å². The molecule has 0 saturated heterocycles. The Hall–Kier alpha value is -2.20. The van der Waals surface area contributed by atoms with Gasteiger partial charge in [0.2, 0.25) is 5.91 Å². The molecule has 3 aromatic rings. The van der Waals surface area contributed by atoms with Gasteiger partial charge in [0.15, 0.2) is 0 Å². The molecule has 1 heterocycles. The summed E-state index contributed by atoms with van der Waals surface area (Å²) < 4.78 is 1.24. The summed E-state index contributed by atoms with van der Waals surface area (Å²) in [5.74, 6) is 0.493. The van der Waals surface area contributed by atoms with Crippen molar-refractivity contribution in [3.8, 4) is 0 Å². The molecular formula is C21H24N2OS. The molecule has 3 nitrogen and oxygen atoms in total. The Morgan fingerprint density at radius 2 is 1.84 bits per heavy atom. The quantitative estimate of drug-likeness (QED) is 0.548. The molecule has 0 bridgehead atoms. The molecule has 1 amide bonds. The lowest BCUT2D eigenvalue weighted by Gasteiger charge is -2.13. The van der Waals surface area contributed by atoms with Crippen LogP contribution in [0.2, 0.25) is 0 Å². The second kappa shape index (κ2) is 8.26. The summed E-state index contributed by atoms with van der Waals surface area (Å²) in [6.07, 6.45) is 3.36. The van der Waals surface area contributed by atoms with Gasteiger partial charge in [0.05, 0.1) is 15.2 Å². The molecule has 0 aliphatic heterocycles. The number of hydrogen-bond acceptors (Lipinski definition) is 3. The third kappa shape index (κ3) is 4.67. The molecule has 2 aromatic carbocycles. The van der Waals surface area contributed by atoms with E-state index in [9.17, 15) is 4.79 Å². The van der Waals surface area contributed by atoms with Crippen LogP contribution in [-0.2, 0) is 11.2 Å². The number of carbonyl (C=O) groups excluding carboxylic acids is 1. The number of thiazole rings is 1. The van der Waals surface area contributed by atoms with Crippen LogP contribution in [0.1, 0.15) is 49.6 Å². The first kappa shape index (κ1) is 17.6. The van der Waals surface area contributed by atoms with E-state index in [-0.39, 0.29) is 5.91 Å². The van der Waals surface area contributed by atoms with E-state index < -0.39 is 0 Å². The molecule has 4 heteroatoms. The second-order valence-electron chi connectivity index (χ2n) is 6.57. The molecule has 0 spiro atoms. The number of amides is 1. The fourth-order valence-corrected chi connectivity index (χ4v) is 3.92. The van der Waals surface area contributed by atoms with Crippen LogP contribution in [0.4, 0.5) is 5.69 Å². The fourth-order valence-electron chi connectivity index (χ4n) is 2.92. The molecule has 1 N–H and O–H groups in total. The average molecular weight is 353 g/mol. The summed E-state index contributed by atoms with van der Waals surface area (Å²) in [6, 6.07) is 16.3. The maximum absolute atomic E-state index is 12.2. The van der Waals surface area contributed by atoms with Crippen molar-refractivity contribution in [2.45, 2.75) is 45.4 Å². The van der Waals surface area contributed by atoms with Crippen molar-refractivity contribution >= 4 is 33.1 Å². The number of aryl methyl sites for hydroxylation is 1. The Labute approximate surface area is 153 Å². The number of nitrogens with zero attached hydrogens (tertiary/aromatic N) is 1. The van der Waals surface area contributed by atoms with Gasteiger partial charge in [0, 0.05) is 12.1 Å². The van der Waals surface area contributed by atoms with Gasteiger partial charge in [-0.1, -0.05) is 44.2 Å². The molecule has 0 radical (unpaired) electrons. The Kier molecular flexibility index (Phi) is 5.82. The lowest BCUT2D eigenvalue weighted by atomic mass is 10.0. The van der Waals surface area contributed by atoms with Crippen molar-refractivity contribution in [2.75, 3.05) is 5.32 Å². The van der Waals surface area contributed by atoms with Crippen LogP contribution in [0.3, 0.4) is 0 Å². The standard InChI is InChI=1S/C21H24N2OS/c1-15(2)16-9-3-4-10-17(16)22-20(24)13-7-8-14-21-23-18-11-5-6-12-19(18)25-21/h3-6,9-12,15H,7-8,13-14H2,1-2H3,(H,22,24). The molecule has 25 heavy (non-hydrogen) atoms. The zero-order valence-electron chi connectivity index (χ0n) is 14.8. The highest BCUT2D eigenvalue weighted by Gasteiger charge is 2.09. The van der Waals surface area contributed by atoms with Crippen LogP contribution in [0, 0.1) is 0 Å². The van der Waals surface area contributed by atoms with Gasteiger partial charge in [-0.25, -0.2) is 4.98 Å². The number of rotatable bonds is 7. The van der Waals surface area contributed by atoms with Crippen molar-refractivity contribution in [2.24, 2.45) is 0 Å². The molecule has 0 atom stereocenters. The molecule has 1 aromatic heterocycles. The Morgan fingerprint density at radius 3 is 2.64 bits per heavy atom. The molecule has 0 fully saturated rings. The van der Waals surface area contributed by atoms with Crippen molar-refractivity contribution in [1.29, 1.82) is 0 Å². The number of anilines is 1. The first-order valence-corrected chi connectivity index (χ1v) is 9.68. The minimum Gasteiger partial charge on any atom is -0.326 e. The van der Waals surface area contributed by atoms with Crippen molar-refractivity contribution in [1.82, 2.24) is 4.98 Å². The Morgan fingerprint density at radius 1 is 1.08 bits per heavy atom. The zero-order chi connectivity index (χ0) is 17.6. The molecule has 0 aliphatic rings. The zero-order valence-corrected chi connectivity index (χ0v) is 15.6. The van der Waals surface area contributed by atoms with E-state index in [1.807, 2.05) is 30.3 Å². The molecular weight excluding hydrogens is 328 g/mol. The summed E-state index contributed by atoms with van der Waals surface area (Å²) >= 11 is 1.75. The van der Waals surface area contributed by atoms with Crippen LogP contribution in [-0.4, -0.2) is 10.9 Å². The van der Waals surface area contributed by atoms with E-state index in [1.54, 1.807) is 11.3 Å². The Balaban J connectivity index is 1.47. The van der Waals surface area contributed by atoms with Crippen LogP contribution in [0.5, 0.6) is 0 Å². The third-order valence-corrected chi connectivity index (χ3v) is 5.34. The number of fused-ring (bicyclic) bond motifs is 1. The van der Waals surface area contributed by atoms with Crippen molar-refractivity contribution in [3.63, 3.8) is 0 Å². The van der Waals surface area contributed by atoms with Gasteiger partial charge in [-0.15, -0.1) is 11.3 Å². The SMILES string of the molecule is CC(C)c1ccccc1NC(=O)CCCCc1nc2ccccc2s1. The minimum absolute atomic E-state index is 0.0948. The number of carbonyl (C=O) groups is 1. The fraction of sp³-hybridized carbons (Fsp3) is 0.333. The van der Waals surface area contributed by atoms with Crippen molar-refractivity contribution < 1.29 is 4.79 Å². The monoisotopic (exact) mass is 352 g/mol. The summed E-state index contributed by atoms with van der Waals surface area (Å²) in [5.41, 5.74) is 3.20. The highest BCUT2D eigenvalue weighted by molar-refractivity contribution is 7.18. The maximum Gasteiger partial charge on any atom is 0.224 e. The van der Waals surface area contributed by atoms with Crippen LogP contribution >= 0.6 is 11.3 Å². The van der Waals surface area contributed by atoms with Gasteiger partial charge in [-0.2, -0.15) is 0 Å². The topological polar surface area (TPSA) is 42.0 Å². The predicted octanol–water partition coefficient (Wildman–Crippen LogP) is 5.77. The van der Waals surface area contributed by atoms with Gasteiger partial charge in [-0.05, 0) is 48.9 Å². The second-order valence-corrected chi connectivity index (χ2v) is 7.69. The molecule has 0 saturated carbocycles. The lowest BCUT2D eigenvalue weighted by Crippen LogP contribution is -2.13. The number of para-hydroxylation sites is 2. The number of unbranched alkanes of at least 4 members (excludes halogenated alkanes) is 1. The average Bonchev–Trinajstić information content (AvgIpc) is 3.02. The lowest BCUT2D eigenvalue weighted by molar-refractivity contribution is -0.116. The third-order valence-electron chi connectivity index (χ3n) is 4.24. The van der Waals surface area contributed by atoms with E-state index in [0.29, 0.717) is 12.3 Å². The van der Waals surface area contributed by atoms with Crippen LogP contribution in [0.15, 0.2) is 48.5 Å². The molecule has 130 valence electrons. The van der Waals surface area contributed by atoms with Gasteiger partial charge >= 0.3 is 0 Å². The van der Waals surface area contributed by atoms with Gasteiger partial charge < -0.3 is 5.32 Å². The van der Waals surface area contributed by atoms with E-state index >= 15 is 0 Å². The van der Waals surface area contributed by atoms with Gasteiger partial charge in [0.1, 0.15) is 0 Å². The summed E-state index contributed by atoms with van der Waals surface area (Å²) in [4.78, 5) is 16.9. The maximum atomic E-state index is 12.2. The van der Waals surface area contributed by atoms with Gasteiger partial charge in [-0.3, -0.25) is 4.79 Å². The number of hydrogen-bond donors (Lipinski definition) is 1. The Bertz CT molecular complexity index is 821. The van der Waals surface area contributed by atoms with E-state index in [0.717, 1.165) is 35.5 Å². The minimum atomic E-state index is 0.0948. The molecule has 3 rings (SSSR count). The van der Waals surface area contributed by atoms with E-state index in [4.69, 9.17) is 0 Å². The first-order valence-electron chi connectivity index (χ1n) is 8.86. The van der Waals surface area contributed by atoms with Crippen molar-refractivity contribution in [3.05, 3.63) is 59.1 Å². The smallest absolute Gasteiger partial charge is 0.224 e. The summed E-state index contributed by atoms with van der Waals surface area (Å²) in [7, 11) is 0. The predicted molar refractivity (Wildman–Crippen MR) is 106 cm³/mol. The molecule has 0 unspecified atom stereocenters. The van der Waals surface area contributed by atoms with Crippen LogP contribution in [0.25, 0.3) is 10.2 Å². The van der Waals surface area contributed by atoms with Crippen LogP contribution < -0.4 is 5.32 Å². The number of nitrogens with one attached hydrogen (secondary N) is 1. The largest absolute Gasteiger partial charge is 0.326 e. The van der Waals surface area contributed by atoms with E-state index in [2.05, 4.69) is 42.3 Å². The summed E-state index contributed by atoms with van der Waals surface area (Å²) in [6.45, 7) is 4.28. The van der Waals surface area contributed by atoms with E-state index in [1.165, 1.54) is 10.3 Å². The normalized spacial score (nSPS) is 11.2. The number of benzene rings is 2. The summed E-state index contributed by atoms with van der Waals surface area (Å²) in [5, 5.41) is 4.22. The number of aromatic nitrogens is 1.